The Hall–Kier alpha value is -2.37. The zero-order valence-corrected chi connectivity index (χ0v) is 17.1. The van der Waals surface area contributed by atoms with E-state index in [2.05, 4.69) is 50.1 Å². The van der Waals surface area contributed by atoms with Crippen LogP contribution in [0.3, 0.4) is 0 Å². The molecule has 0 radical (unpaired) electrons. The summed E-state index contributed by atoms with van der Waals surface area (Å²) in [6.45, 7) is 10.00. The number of esters is 1. The summed E-state index contributed by atoms with van der Waals surface area (Å²) in [7, 11) is 1.45. The summed E-state index contributed by atoms with van der Waals surface area (Å²) < 4.78 is 10.4. The molecule has 1 aromatic heterocycles. The van der Waals surface area contributed by atoms with Crippen molar-refractivity contribution in [1.82, 2.24) is 10.3 Å². The van der Waals surface area contributed by atoms with Gasteiger partial charge in [-0.1, -0.05) is 39.8 Å². The van der Waals surface area contributed by atoms with Crippen molar-refractivity contribution in [3.8, 4) is 11.5 Å². The van der Waals surface area contributed by atoms with Crippen molar-refractivity contribution in [2.75, 3.05) is 7.11 Å². The van der Waals surface area contributed by atoms with Gasteiger partial charge >= 0.3 is 5.97 Å². The number of hydrogen-bond acceptors (Lipinski definition) is 5. The monoisotopic (exact) mass is 374 g/mol. The van der Waals surface area contributed by atoms with Gasteiger partial charge in [-0.05, 0) is 30.1 Å². The maximum atomic E-state index is 13.0. The number of aromatic nitrogens is 1. The zero-order chi connectivity index (χ0) is 20.2. The minimum atomic E-state index is -0.534. The first-order valence-electron chi connectivity index (χ1n) is 9.23. The Kier molecular flexibility index (Phi) is 6.29. The third-order valence-electron chi connectivity index (χ3n) is 4.70. The third-order valence-corrected chi connectivity index (χ3v) is 4.70. The maximum Gasteiger partial charge on any atom is 0.308 e. The molecule has 1 amide bonds. The molecular weight excluding hydrogens is 344 g/mol. The summed E-state index contributed by atoms with van der Waals surface area (Å²) >= 11 is 0. The van der Waals surface area contributed by atoms with Crippen molar-refractivity contribution in [3.63, 3.8) is 0 Å². The van der Waals surface area contributed by atoms with Crippen molar-refractivity contribution in [3.05, 3.63) is 30.1 Å². The fourth-order valence-electron chi connectivity index (χ4n) is 3.57. The number of nitrogens with one attached hydrogen (secondary N) is 1. The van der Waals surface area contributed by atoms with Gasteiger partial charge < -0.3 is 14.8 Å². The molecule has 27 heavy (non-hydrogen) atoms. The van der Waals surface area contributed by atoms with Crippen LogP contribution in [-0.4, -0.2) is 30.0 Å². The molecule has 0 aromatic carbocycles. The average Bonchev–Trinajstić information content (AvgIpc) is 2.51. The van der Waals surface area contributed by atoms with Crippen molar-refractivity contribution in [2.45, 2.75) is 59.9 Å². The van der Waals surface area contributed by atoms with E-state index in [0.29, 0.717) is 5.75 Å². The molecule has 0 spiro atoms. The van der Waals surface area contributed by atoms with Crippen LogP contribution < -0.4 is 14.8 Å². The predicted octanol–water partition coefficient (Wildman–Crippen LogP) is 3.91. The number of carbonyl (C=O) groups excluding carboxylic acids is 2. The van der Waals surface area contributed by atoms with Crippen LogP contribution in [0.25, 0.3) is 0 Å². The predicted molar refractivity (Wildman–Crippen MR) is 104 cm³/mol. The lowest BCUT2D eigenvalue weighted by molar-refractivity contribution is -0.132. The molecule has 1 N–H and O–H groups in total. The average molecular weight is 374 g/mol. The van der Waals surface area contributed by atoms with Crippen molar-refractivity contribution in [2.24, 2.45) is 10.8 Å². The summed E-state index contributed by atoms with van der Waals surface area (Å²) in [5, 5.41) is 3.10. The minimum absolute atomic E-state index is 0.0189. The number of hydrogen-bond donors (Lipinski definition) is 1. The van der Waals surface area contributed by atoms with Crippen LogP contribution in [0.4, 0.5) is 0 Å². The van der Waals surface area contributed by atoms with Crippen LogP contribution in [0, 0.1) is 10.8 Å². The van der Waals surface area contributed by atoms with E-state index in [9.17, 15) is 9.59 Å². The Bertz CT molecular complexity index is 738. The summed E-state index contributed by atoms with van der Waals surface area (Å²) in [6.07, 6.45) is 8.54. The normalized spacial score (nSPS) is 22.1. The molecular formula is C21H30N2O4. The van der Waals surface area contributed by atoms with Crippen LogP contribution in [0.15, 0.2) is 24.4 Å². The van der Waals surface area contributed by atoms with Gasteiger partial charge in [0.25, 0.3) is 5.91 Å². The summed E-state index contributed by atoms with van der Waals surface area (Å²) in [5.74, 6) is -0.555. The molecule has 6 heteroatoms. The molecule has 1 heterocycles. The highest BCUT2D eigenvalue weighted by Gasteiger charge is 2.31. The van der Waals surface area contributed by atoms with Gasteiger partial charge in [-0.25, -0.2) is 4.98 Å². The number of rotatable bonds is 4. The molecule has 1 atom stereocenters. The van der Waals surface area contributed by atoms with Gasteiger partial charge in [-0.15, -0.1) is 0 Å². The SMILES string of the molecule is COc1ccnc(C(=O)NC2CC(C)(C)/C=C\CC(C)(C)C2)c1OC(C)=O. The first kappa shape index (κ1) is 20.9. The highest BCUT2D eigenvalue weighted by molar-refractivity contribution is 5.96. The summed E-state index contributed by atoms with van der Waals surface area (Å²) in [5.41, 5.74) is 0.109. The van der Waals surface area contributed by atoms with E-state index in [4.69, 9.17) is 9.47 Å². The number of amides is 1. The van der Waals surface area contributed by atoms with Gasteiger partial charge in [-0.3, -0.25) is 9.59 Å². The Balaban J connectivity index is 2.30. The number of pyridine rings is 1. The number of ether oxygens (including phenoxy) is 2. The van der Waals surface area contributed by atoms with E-state index in [1.54, 1.807) is 6.07 Å². The van der Waals surface area contributed by atoms with Gasteiger partial charge in [0.05, 0.1) is 7.11 Å². The first-order chi connectivity index (χ1) is 12.5. The van der Waals surface area contributed by atoms with Crippen LogP contribution in [0.1, 0.15) is 64.4 Å². The lowest BCUT2D eigenvalue weighted by Crippen LogP contribution is -2.41. The molecule has 0 bridgehead atoms. The minimum Gasteiger partial charge on any atom is -0.493 e. The summed E-state index contributed by atoms with van der Waals surface area (Å²) in [6, 6.07) is 1.53. The number of methoxy groups -OCH3 is 1. The zero-order valence-electron chi connectivity index (χ0n) is 17.1. The maximum absolute atomic E-state index is 13.0. The highest BCUT2D eigenvalue weighted by atomic mass is 16.6. The van der Waals surface area contributed by atoms with E-state index in [1.165, 1.54) is 20.2 Å². The molecule has 1 aliphatic carbocycles. The molecule has 1 aromatic rings. The number of nitrogens with zero attached hydrogens (tertiary/aromatic N) is 1. The Morgan fingerprint density at radius 3 is 2.56 bits per heavy atom. The lowest BCUT2D eigenvalue weighted by atomic mass is 9.74. The molecule has 1 unspecified atom stereocenters. The van der Waals surface area contributed by atoms with Crippen LogP contribution >= 0.6 is 0 Å². The van der Waals surface area contributed by atoms with Crippen molar-refractivity contribution in [1.29, 1.82) is 0 Å². The van der Waals surface area contributed by atoms with E-state index in [1.807, 2.05) is 0 Å². The first-order valence-corrected chi connectivity index (χ1v) is 9.23. The highest BCUT2D eigenvalue weighted by Crippen LogP contribution is 2.37. The van der Waals surface area contributed by atoms with E-state index in [0.717, 1.165) is 19.3 Å². The molecule has 2 rings (SSSR count). The van der Waals surface area contributed by atoms with Gasteiger partial charge in [-0.2, -0.15) is 0 Å². The molecule has 0 fully saturated rings. The largest absolute Gasteiger partial charge is 0.493 e. The number of allylic oxidation sites excluding steroid dienone is 2. The smallest absolute Gasteiger partial charge is 0.308 e. The Morgan fingerprint density at radius 2 is 1.93 bits per heavy atom. The fourth-order valence-corrected chi connectivity index (χ4v) is 3.57. The second-order valence-electron chi connectivity index (χ2n) is 8.62. The Morgan fingerprint density at radius 1 is 1.22 bits per heavy atom. The standard InChI is InChI=1S/C21H30N2O4/c1-14(24)27-18-16(26-6)8-11-22-17(18)19(25)23-15-12-20(2,3)9-7-10-21(4,5)13-15/h7-9,11,15H,10,12-13H2,1-6H3,(H,23,25)/b9-7-. The van der Waals surface area contributed by atoms with Crippen LogP contribution in [-0.2, 0) is 4.79 Å². The molecule has 0 aliphatic heterocycles. The van der Waals surface area contributed by atoms with Crippen molar-refractivity contribution >= 4 is 11.9 Å². The quantitative estimate of drug-likeness (QED) is 0.639. The van der Waals surface area contributed by atoms with E-state index in [-0.39, 0.29) is 34.2 Å². The van der Waals surface area contributed by atoms with Crippen LogP contribution in [0.2, 0.25) is 0 Å². The van der Waals surface area contributed by atoms with Crippen molar-refractivity contribution < 1.29 is 19.1 Å². The third kappa shape index (κ3) is 5.81. The van der Waals surface area contributed by atoms with Gasteiger partial charge in [0.2, 0.25) is 5.75 Å². The van der Waals surface area contributed by atoms with Crippen LogP contribution in [0.5, 0.6) is 11.5 Å². The molecule has 1 aliphatic rings. The molecule has 148 valence electrons. The topological polar surface area (TPSA) is 77.5 Å². The summed E-state index contributed by atoms with van der Waals surface area (Å²) in [4.78, 5) is 28.6. The molecule has 0 saturated carbocycles. The van der Waals surface area contributed by atoms with E-state index >= 15 is 0 Å². The molecule has 6 nitrogen and oxygen atoms in total. The van der Waals surface area contributed by atoms with Gasteiger partial charge in [0, 0.05) is 25.2 Å². The van der Waals surface area contributed by atoms with Gasteiger partial charge in [0.15, 0.2) is 11.4 Å². The van der Waals surface area contributed by atoms with Gasteiger partial charge in [0.1, 0.15) is 0 Å². The number of carbonyl (C=O) groups is 2. The fraction of sp³-hybridized carbons (Fsp3) is 0.571. The lowest BCUT2D eigenvalue weighted by Gasteiger charge is -2.36. The molecule has 0 saturated heterocycles. The second-order valence-corrected chi connectivity index (χ2v) is 8.62. The Labute approximate surface area is 161 Å². The second kappa shape index (κ2) is 8.11. The van der Waals surface area contributed by atoms with E-state index < -0.39 is 5.97 Å².